The Bertz CT molecular complexity index is 375. The molecular weight excluding hydrogens is 346 g/mol. The number of hydrogen-bond acceptors (Lipinski definition) is 3. The largest absolute Gasteiger partial charge is 0.357 e. The third-order valence-electron chi connectivity index (χ3n) is 2.25. The Morgan fingerprint density at radius 1 is 1.35 bits per heavy atom. The summed E-state index contributed by atoms with van der Waals surface area (Å²) in [4.78, 5) is 6.53. The van der Waals surface area contributed by atoms with Gasteiger partial charge in [-0.25, -0.2) is 4.98 Å². The summed E-state index contributed by atoms with van der Waals surface area (Å²) in [6.45, 7) is 8.36. The van der Waals surface area contributed by atoms with Crippen LogP contribution in [0.3, 0.4) is 0 Å². The number of nitrogens with one attached hydrogen (secondary N) is 1. The van der Waals surface area contributed by atoms with E-state index in [1.807, 2.05) is 19.3 Å². The van der Waals surface area contributed by atoms with E-state index in [0.717, 1.165) is 27.9 Å². The van der Waals surface area contributed by atoms with E-state index in [2.05, 4.69) is 67.8 Å². The third kappa shape index (κ3) is 5.36. The number of halogens is 2. The standard InChI is InChI=1S/C12H19Br2N3/c1-12(2,3)16-5-6-17(4)11-10(14)7-9(13)8-15-11/h7-8,16H,5-6H2,1-4H3. The number of pyridine rings is 1. The summed E-state index contributed by atoms with van der Waals surface area (Å²) in [6, 6.07) is 2.01. The molecule has 3 nitrogen and oxygen atoms in total. The molecule has 0 saturated heterocycles. The van der Waals surface area contributed by atoms with E-state index in [1.165, 1.54) is 0 Å². The van der Waals surface area contributed by atoms with Crippen molar-refractivity contribution < 1.29 is 0 Å². The zero-order valence-corrected chi connectivity index (χ0v) is 13.9. The molecule has 0 aromatic carbocycles. The van der Waals surface area contributed by atoms with Crippen molar-refractivity contribution in [1.82, 2.24) is 10.3 Å². The lowest BCUT2D eigenvalue weighted by molar-refractivity contribution is 0.430. The number of aromatic nitrogens is 1. The maximum atomic E-state index is 4.40. The summed E-state index contributed by atoms with van der Waals surface area (Å²) in [5, 5.41) is 3.46. The van der Waals surface area contributed by atoms with Crippen molar-refractivity contribution in [3.05, 3.63) is 21.2 Å². The highest BCUT2D eigenvalue weighted by Gasteiger charge is 2.11. The molecule has 0 aliphatic carbocycles. The first-order valence-corrected chi connectivity index (χ1v) is 7.15. The van der Waals surface area contributed by atoms with E-state index in [1.54, 1.807) is 0 Å². The first kappa shape index (κ1) is 14.9. The number of hydrogen-bond donors (Lipinski definition) is 1. The molecule has 0 radical (unpaired) electrons. The maximum absolute atomic E-state index is 4.40. The van der Waals surface area contributed by atoms with E-state index in [-0.39, 0.29) is 5.54 Å². The number of nitrogens with zero attached hydrogens (tertiary/aromatic N) is 2. The van der Waals surface area contributed by atoms with Gasteiger partial charge in [-0.1, -0.05) is 0 Å². The summed E-state index contributed by atoms with van der Waals surface area (Å²) in [7, 11) is 2.05. The zero-order chi connectivity index (χ0) is 13.1. The lowest BCUT2D eigenvalue weighted by Gasteiger charge is -2.24. The van der Waals surface area contributed by atoms with Gasteiger partial charge in [-0.05, 0) is 58.7 Å². The van der Waals surface area contributed by atoms with Crippen LogP contribution in [-0.2, 0) is 0 Å². The molecule has 1 N–H and O–H groups in total. The molecule has 0 aliphatic heterocycles. The molecule has 0 spiro atoms. The van der Waals surface area contributed by atoms with Gasteiger partial charge in [-0.3, -0.25) is 0 Å². The molecule has 0 fully saturated rings. The molecule has 0 aliphatic rings. The van der Waals surface area contributed by atoms with E-state index in [0.29, 0.717) is 0 Å². The lowest BCUT2D eigenvalue weighted by Crippen LogP contribution is -2.40. The first-order valence-electron chi connectivity index (χ1n) is 5.57. The molecule has 0 unspecified atom stereocenters. The highest BCUT2D eigenvalue weighted by atomic mass is 79.9. The fourth-order valence-electron chi connectivity index (χ4n) is 1.39. The van der Waals surface area contributed by atoms with Gasteiger partial charge >= 0.3 is 0 Å². The van der Waals surface area contributed by atoms with E-state index in [4.69, 9.17) is 0 Å². The monoisotopic (exact) mass is 363 g/mol. The molecule has 1 rings (SSSR count). The molecule has 17 heavy (non-hydrogen) atoms. The van der Waals surface area contributed by atoms with Gasteiger partial charge in [0.2, 0.25) is 0 Å². The molecule has 0 bridgehead atoms. The third-order valence-corrected chi connectivity index (χ3v) is 3.27. The van der Waals surface area contributed by atoms with Crippen molar-refractivity contribution in [3.8, 4) is 0 Å². The Morgan fingerprint density at radius 3 is 2.53 bits per heavy atom. The molecule has 5 heteroatoms. The molecule has 1 heterocycles. The van der Waals surface area contributed by atoms with E-state index >= 15 is 0 Å². The van der Waals surface area contributed by atoms with Crippen LogP contribution in [0.1, 0.15) is 20.8 Å². The van der Waals surface area contributed by atoms with Crippen LogP contribution >= 0.6 is 31.9 Å². The Kier molecular flexibility index (Phi) is 5.41. The van der Waals surface area contributed by atoms with Crippen molar-refractivity contribution >= 4 is 37.7 Å². The highest BCUT2D eigenvalue weighted by Crippen LogP contribution is 2.25. The van der Waals surface area contributed by atoms with Crippen LogP contribution in [0, 0.1) is 0 Å². The summed E-state index contributed by atoms with van der Waals surface area (Å²) in [6.07, 6.45) is 1.81. The average molecular weight is 365 g/mol. The topological polar surface area (TPSA) is 28.2 Å². The van der Waals surface area contributed by atoms with Gasteiger partial charge < -0.3 is 10.2 Å². The molecule has 96 valence electrons. The highest BCUT2D eigenvalue weighted by molar-refractivity contribution is 9.11. The first-order chi connectivity index (χ1) is 7.79. The Morgan fingerprint density at radius 2 is 2.00 bits per heavy atom. The van der Waals surface area contributed by atoms with Crippen LogP contribution in [0.15, 0.2) is 21.2 Å². The Balaban J connectivity index is 2.55. The predicted octanol–water partition coefficient (Wildman–Crippen LogP) is 3.43. The summed E-state index contributed by atoms with van der Waals surface area (Å²) in [5.74, 6) is 0.962. The van der Waals surface area contributed by atoms with Crippen LogP contribution in [0.5, 0.6) is 0 Å². The molecule has 1 aromatic rings. The van der Waals surface area contributed by atoms with Crippen molar-refractivity contribution in [2.45, 2.75) is 26.3 Å². The van der Waals surface area contributed by atoms with Crippen LogP contribution in [0.4, 0.5) is 5.82 Å². The normalized spacial score (nSPS) is 11.6. The molecule has 0 amide bonds. The molecular formula is C12H19Br2N3. The van der Waals surface area contributed by atoms with Gasteiger partial charge in [0.25, 0.3) is 0 Å². The lowest BCUT2D eigenvalue weighted by atomic mass is 10.1. The van der Waals surface area contributed by atoms with Crippen LogP contribution in [0.2, 0.25) is 0 Å². The van der Waals surface area contributed by atoms with Gasteiger partial charge in [-0.2, -0.15) is 0 Å². The van der Waals surface area contributed by atoms with Gasteiger partial charge in [0.05, 0.1) is 4.47 Å². The maximum Gasteiger partial charge on any atom is 0.142 e. The number of likely N-dealkylation sites (N-methyl/N-ethyl adjacent to an activating group) is 1. The van der Waals surface area contributed by atoms with E-state index in [9.17, 15) is 0 Å². The Hall–Kier alpha value is -0.130. The SMILES string of the molecule is CN(CCNC(C)(C)C)c1ncc(Br)cc1Br. The second-order valence-electron chi connectivity index (χ2n) is 5.06. The van der Waals surface area contributed by atoms with Gasteiger partial charge in [0.1, 0.15) is 5.82 Å². The minimum atomic E-state index is 0.158. The van der Waals surface area contributed by atoms with Gasteiger partial charge in [-0.15, -0.1) is 0 Å². The summed E-state index contributed by atoms with van der Waals surface area (Å²) >= 11 is 6.93. The Labute approximate surface area is 120 Å². The van der Waals surface area contributed by atoms with Crippen LogP contribution < -0.4 is 10.2 Å². The number of anilines is 1. The quantitative estimate of drug-likeness (QED) is 0.886. The van der Waals surface area contributed by atoms with Crippen LogP contribution in [-0.4, -0.2) is 30.7 Å². The summed E-state index contributed by atoms with van der Waals surface area (Å²) < 4.78 is 1.99. The fraction of sp³-hybridized carbons (Fsp3) is 0.583. The molecule has 0 atom stereocenters. The molecule has 1 aromatic heterocycles. The fourth-order valence-corrected chi connectivity index (χ4v) is 2.68. The molecule has 0 saturated carbocycles. The minimum absolute atomic E-state index is 0.158. The predicted molar refractivity (Wildman–Crippen MR) is 80.7 cm³/mol. The van der Waals surface area contributed by atoms with Crippen molar-refractivity contribution in [1.29, 1.82) is 0 Å². The van der Waals surface area contributed by atoms with E-state index < -0.39 is 0 Å². The average Bonchev–Trinajstić information content (AvgIpc) is 2.15. The minimum Gasteiger partial charge on any atom is -0.357 e. The van der Waals surface area contributed by atoms with Gasteiger partial charge in [0, 0.05) is 36.3 Å². The smallest absolute Gasteiger partial charge is 0.142 e. The summed E-state index contributed by atoms with van der Waals surface area (Å²) in [5.41, 5.74) is 0.158. The van der Waals surface area contributed by atoms with Crippen molar-refractivity contribution in [2.75, 3.05) is 25.0 Å². The van der Waals surface area contributed by atoms with Gasteiger partial charge in [0.15, 0.2) is 0 Å². The van der Waals surface area contributed by atoms with Crippen LogP contribution in [0.25, 0.3) is 0 Å². The number of rotatable bonds is 4. The van der Waals surface area contributed by atoms with Crippen molar-refractivity contribution in [3.63, 3.8) is 0 Å². The van der Waals surface area contributed by atoms with Crippen molar-refractivity contribution in [2.24, 2.45) is 0 Å². The second-order valence-corrected chi connectivity index (χ2v) is 6.83. The second kappa shape index (κ2) is 6.16. The zero-order valence-electron chi connectivity index (χ0n) is 10.7.